The van der Waals surface area contributed by atoms with Crippen LogP contribution in [0.15, 0.2) is 84.9 Å². The first-order valence-corrected chi connectivity index (χ1v) is 26.8. The lowest BCUT2D eigenvalue weighted by atomic mass is 9.76. The summed E-state index contributed by atoms with van der Waals surface area (Å²) in [5.74, 6) is 2.74. The summed E-state index contributed by atoms with van der Waals surface area (Å²) in [6, 6.07) is 30.5. The normalized spacial score (nSPS) is 17.9. The minimum absolute atomic E-state index is 0.0763. The molecule has 5 aliphatic rings. The first kappa shape index (κ1) is 45.0. The maximum Gasteiger partial charge on any atom is 0.131 e. The van der Waals surface area contributed by atoms with Gasteiger partial charge in [-0.15, -0.1) is 0 Å². The molecule has 1 fully saturated rings. The number of benzene rings is 6. The van der Waals surface area contributed by atoms with Gasteiger partial charge in [0.2, 0.25) is 0 Å². The molecular weight excluding hydrogens is 833 g/mol. The standard InChI is InChI=1S/C64H72O4/c1-40-33-54(63(65)56(35-40)61-48-25-11-7-21-44(48)38-45-22-8-12-26-49(45)61)52-29-15-17-31-58(52)67-42(3)37-60(43-19-5-4-6-20-43)68-59-32-18-16-30-53(59)55-34-41(2)36-57(64(55)66)62-50-27-13-9-23-46(50)39-47-24-10-14-28-51(47)62/h15-18,29-36,38-39,42-43,60,65-66H,4-14,19-28,37H2,1-3H3/t42-,60+/m1/s1. The Balaban J connectivity index is 0.916. The summed E-state index contributed by atoms with van der Waals surface area (Å²) in [4.78, 5) is 0. The average molecular weight is 905 g/mol. The molecule has 0 heterocycles. The van der Waals surface area contributed by atoms with Crippen LogP contribution in [0.1, 0.15) is 152 Å². The molecule has 2 atom stereocenters. The lowest BCUT2D eigenvalue weighted by molar-refractivity contribution is 0.0626. The van der Waals surface area contributed by atoms with E-state index in [0.717, 1.165) is 120 Å². The van der Waals surface area contributed by atoms with Gasteiger partial charge >= 0.3 is 0 Å². The number of phenols is 2. The van der Waals surface area contributed by atoms with Crippen LogP contribution in [0.4, 0.5) is 0 Å². The third-order valence-corrected chi connectivity index (χ3v) is 16.7. The number of aromatic hydroxyl groups is 2. The van der Waals surface area contributed by atoms with Gasteiger partial charge in [-0.25, -0.2) is 0 Å². The third-order valence-electron chi connectivity index (χ3n) is 16.7. The zero-order valence-corrected chi connectivity index (χ0v) is 41.1. The van der Waals surface area contributed by atoms with E-state index in [4.69, 9.17) is 9.47 Å². The molecule has 5 aliphatic carbocycles. The Morgan fingerprint density at radius 1 is 0.441 bits per heavy atom. The van der Waals surface area contributed by atoms with Crippen molar-refractivity contribution in [2.24, 2.45) is 5.92 Å². The number of hydrogen-bond acceptors (Lipinski definition) is 4. The van der Waals surface area contributed by atoms with Crippen molar-refractivity contribution in [1.29, 1.82) is 0 Å². The molecule has 1 saturated carbocycles. The van der Waals surface area contributed by atoms with Crippen LogP contribution in [0.5, 0.6) is 23.0 Å². The van der Waals surface area contributed by atoms with E-state index in [-0.39, 0.29) is 12.2 Å². The second kappa shape index (κ2) is 19.5. The molecule has 6 aromatic carbocycles. The molecule has 4 heteroatoms. The van der Waals surface area contributed by atoms with Crippen LogP contribution < -0.4 is 9.47 Å². The third kappa shape index (κ3) is 8.75. The summed E-state index contributed by atoms with van der Waals surface area (Å²) in [5, 5.41) is 25.1. The van der Waals surface area contributed by atoms with Crippen molar-refractivity contribution in [3.05, 3.63) is 141 Å². The van der Waals surface area contributed by atoms with Gasteiger partial charge in [-0.1, -0.05) is 67.8 Å². The smallest absolute Gasteiger partial charge is 0.131 e. The highest BCUT2D eigenvalue weighted by atomic mass is 16.5. The van der Waals surface area contributed by atoms with Gasteiger partial charge in [0.1, 0.15) is 29.1 Å². The van der Waals surface area contributed by atoms with Gasteiger partial charge in [0.15, 0.2) is 0 Å². The minimum atomic E-state index is -0.163. The van der Waals surface area contributed by atoms with Crippen LogP contribution in [-0.2, 0) is 51.4 Å². The molecule has 0 radical (unpaired) electrons. The fourth-order valence-electron chi connectivity index (χ4n) is 13.5. The van der Waals surface area contributed by atoms with Gasteiger partial charge < -0.3 is 19.7 Å². The number of fused-ring (bicyclic) bond motifs is 4. The van der Waals surface area contributed by atoms with Crippen LogP contribution in [0, 0.1) is 19.8 Å². The maximum atomic E-state index is 12.6. The van der Waals surface area contributed by atoms with E-state index in [1.165, 1.54) is 126 Å². The molecule has 0 spiro atoms. The summed E-state index contributed by atoms with van der Waals surface area (Å²) in [6.45, 7) is 6.54. The summed E-state index contributed by atoms with van der Waals surface area (Å²) in [7, 11) is 0. The van der Waals surface area contributed by atoms with E-state index in [9.17, 15) is 10.2 Å². The van der Waals surface area contributed by atoms with Crippen molar-refractivity contribution >= 4 is 0 Å². The van der Waals surface area contributed by atoms with Crippen LogP contribution >= 0.6 is 0 Å². The van der Waals surface area contributed by atoms with Crippen LogP contribution in [0.25, 0.3) is 44.5 Å². The second-order valence-electron chi connectivity index (χ2n) is 21.5. The molecule has 0 amide bonds. The van der Waals surface area contributed by atoms with Crippen molar-refractivity contribution in [1.82, 2.24) is 0 Å². The molecule has 6 aromatic rings. The first-order chi connectivity index (χ1) is 33.3. The number of ether oxygens (including phenoxy) is 2. The van der Waals surface area contributed by atoms with Crippen molar-refractivity contribution in [3.8, 4) is 67.5 Å². The van der Waals surface area contributed by atoms with E-state index in [1.54, 1.807) is 0 Å². The molecule has 11 rings (SSSR count). The highest BCUT2D eigenvalue weighted by Crippen LogP contribution is 2.50. The highest BCUT2D eigenvalue weighted by Gasteiger charge is 2.32. The summed E-state index contributed by atoms with van der Waals surface area (Å²) in [6.07, 6.45) is 25.1. The fraction of sp³-hybridized carbons (Fsp3) is 0.438. The average Bonchev–Trinajstić information content (AvgIpc) is 3.36. The van der Waals surface area contributed by atoms with Gasteiger partial charge in [-0.05, 0) is 245 Å². The molecular formula is C64H72O4. The fourth-order valence-corrected chi connectivity index (χ4v) is 13.5. The van der Waals surface area contributed by atoms with Crippen LogP contribution in [0.3, 0.4) is 0 Å². The molecule has 352 valence electrons. The molecule has 4 nitrogen and oxygen atoms in total. The molecule has 0 aliphatic heterocycles. The van der Waals surface area contributed by atoms with E-state index in [1.807, 2.05) is 0 Å². The molecule has 0 saturated heterocycles. The Labute approximate surface area is 406 Å². The van der Waals surface area contributed by atoms with Crippen molar-refractivity contribution in [2.75, 3.05) is 0 Å². The van der Waals surface area contributed by atoms with Crippen molar-refractivity contribution in [3.63, 3.8) is 0 Å². The molecule has 0 unspecified atom stereocenters. The van der Waals surface area contributed by atoms with Crippen LogP contribution in [0.2, 0.25) is 0 Å². The molecule has 0 aromatic heterocycles. The van der Waals surface area contributed by atoms with E-state index >= 15 is 0 Å². The van der Waals surface area contributed by atoms with Crippen LogP contribution in [-0.4, -0.2) is 22.4 Å². The van der Waals surface area contributed by atoms with Crippen molar-refractivity contribution < 1.29 is 19.7 Å². The van der Waals surface area contributed by atoms with E-state index in [0.29, 0.717) is 23.8 Å². The SMILES string of the molecule is Cc1cc(-c2ccccc2O[C@H](C)C[C@H](Oc2ccccc2-c2cc(C)cc(-c3c4c(cc5c3CCCC5)CCCC4)c2O)C2CCCCC2)c(O)c(-c2c3c(cc4c2CCCC4)CCCC3)c1. The zero-order valence-electron chi connectivity index (χ0n) is 41.1. The summed E-state index contributed by atoms with van der Waals surface area (Å²) >= 11 is 0. The molecule has 2 N–H and O–H groups in total. The number of para-hydroxylation sites is 2. The lowest BCUT2D eigenvalue weighted by Gasteiger charge is -2.33. The lowest BCUT2D eigenvalue weighted by Crippen LogP contribution is -2.33. The zero-order chi connectivity index (χ0) is 46.3. The number of rotatable bonds is 11. The predicted molar refractivity (Wildman–Crippen MR) is 280 cm³/mol. The number of phenolic OH excluding ortho intramolecular Hbond substituents is 2. The predicted octanol–water partition coefficient (Wildman–Crippen LogP) is 16.1. The maximum absolute atomic E-state index is 12.6. The van der Waals surface area contributed by atoms with E-state index in [2.05, 4.69) is 106 Å². The summed E-state index contributed by atoms with van der Waals surface area (Å²) in [5.41, 5.74) is 22.3. The minimum Gasteiger partial charge on any atom is -0.507 e. The van der Waals surface area contributed by atoms with Gasteiger partial charge in [-0.3, -0.25) is 0 Å². The quantitative estimate of drug-likeness (QED) is 0.136. The molecule has 68 heavy (non-hydrogen) atoms. The Hall–Kier alpha value is -5.48. The van der Waals surface area contributed by atoms with Gasteiger partial charge in [-0.2, -0.15) is 0 Å². The Kier molecular flexibility index (Phi) is 12.9. The van der Waals surface area contributed by atoms with Gasteiger partial charge in [0, 0.05) is 39.8 Å². The Morgan fingerprint density at radius 3 is 1.26 bits per heavy atom. The van der Waals surface area contributed by atoms with E-state index < -0.39 is 0 Å². The monoisotopic (exact) mass is 905 g/mol. The number of aryl methyl sites for hydroxylation is 6. The summed E-state index contributed by atoms with van der Waals surface area (Å²) < 4.78 is 14.4. The topological polar surface area (TPSA) is 58.9 Å². The van der Waals surface area contributed by atoms with Gasteiger partial charge in [0.05, 0.1) is 6.10 Å². The highest BCUT2D eigenvalue weighted by molar-refractivity contribution is 5.90. The van der Waals surface area contributed by atoms with Gasteiger partial charge in [0.25, 0.3) is 0 Å². The second-order valence-corrected chi connectivity index (χ2v) is 21.5. The first-order valence-electron chi connectivity index (χ1n) is 26.8. The Bertz CT molecular complexity index is 2770. The number of hydrogen-bond donors (Lipinski definition) is 2. The Morgan fingerprint density at radius 2 is 0.824 bits per heavy atom. The molecule has 0 bridgehead atoms. The largest absolute Gasteiger partial charge is 0.507 e. The van der Waals surface area contributed by atoms with Crippen molar-refractivity contribution in [2.45, 2.75) is 174 Å².